The van der Waals surface area contributed by atoms with E-state index in [1.165, 1.54) is 4.90 Å². The molecule has 2 aromatic carbocycles. The summed E-state index contributed by atoms with van der Waals surface area (Å²) in [6.07, 6.45) is -1.22. The Balaban J connectivity index is 1.52. The Morgan fingerprint density at radius 3 is 2.70 bits per heavy atom. The Kier molecular flexibility index (Phi) is 5.76. The van der Waals surface area contributed by atoms with Gasteiger partial charge in [0.05, 0.1) is 22.9 Å². The molecule has 4 rings (SSSR count). The van der Waals surface area contributed by atoms with Crippen molar-refractivity contribution in [1.29, 1.82) is 0 Å². The van der Waals surface area contributed by atoms with E-state index in [0.29, 0.717) is 23.0 Å². The largest absolute Gasteiger partial charge is 0.489 e. The van der Waals surface area contributed by atoms with E-state index in [4.69, 9.17) is 16.3 Å². The van der Waals surface area contributed by atoms with E-state index in [1.807, 2.05) is 61.5 Å². The van der Waals surface area contributed by atoms with Gasteiger partial charge >= 0.3 is 0 Å². The highest BCUT2D eigenvalue weighted by Gasteiger charge is 2.32. The number of aromatic nitrogens is 2. The maximum atomic E-state index is 12.9. The van der Waals surface area contributed by atoms with Gasteiger partial charge in [-0.05, 0) is 24.6 Å². The monoisotopic (exact) mass is 426 g/mol. The summed E-state index contributed by atoms with van der Waals surface area (Å²) in [7, 11) is 1.68. The number of aliphatic hydroxyl groups excluding tert-OH is 1. The number of benzene rings is 2. The Morgan fingerprint density at radius 2 is 1.93 bits per heavy atom. The molecule has 0 spiro atoms. The molecule has 1 amide bonds. The number of carbonyl (C=O) groups is 1. The SMILES string of the molecule is Cc1c(Cl)c(C(O)N[C@H]2COc3ccccc3N(C)C2=O)nn1Cc1ccccc1. The summed E-state index contributed by atoms with van der Waals surface area (Å²) in [6, 6.07) is 16.4. The number of fused-ring (bicyclic) bond motifs is 1. The third-order valence-electron chi connectivity index (χ3n) is 5.21. The number of halogens is 1. The number of para-hydroxylation sites is 2. The molecule has 7 nitrogen and oxygen atoms in total. The molecule has 0 fully saturated rings. The van der Waals surface area contributed by atoms with Gasteiger partial charge in [-0.1, -0.05) is 54.1 Å². The zero-order valence-electron chi connectivity index (χ0n) is 16.7. The molecule has 0 saturated heterocycles. The molecular weight excluding hydrogens is 404 g/mol. The molecule has 2 atom stereocenters. The van der Waals surface area contributed by atoms with Crippen molar-refractivity contribution >= 4 is 23.2 Å². The molecule has 1 aliphatic rings. The van der Waals surface area contributed by atoms with Gasteiger partial charge in [0, 0.05) is 7.05 Å². The predicted molar refractivity (Wildman–Crippen MR) is 115 cm³/mol. The summed E-state index contributed by atoms with van der Waals surface area (Å²) >= 11 is 6.45. The van der Waals surface area contributed by atoms with Gasteiger partial charge in [-0.15, -0.1) is 0 Å². The van der Waals surface area contributed by atoms with Gasteiger partial charge in [-0.25, -0.2) is 0 Å². The van der Waals surface area contributed by atoms with Crippen molar-refractivity contribution in [3.63, 3.8) is 0 Å². The summed E-state index contributed by atoms with van der Waals surface area (Å²) in [5.41, 5.74) is 2.77. The van der Waals surface area contributed by atoms with Crippen LogP contribution in [0.4, 0.5) is 5.69 Å². The fourth-order valence-electron chi connectivity index (χ4n) is 3.47. The second-order valence-corrected chi connectivity index (χ2v) is 7.60. The maximum Gasteiger partial charge on any atom is 0.247 e. The topological polar surface area (TPSA) is 79.6 Å². The van der Waals surface area contributed by atoms with Gasteiger partial charge in [-0.2, -0.15) is 5.10 Å². The highest BCUT2D eigenvalue weighted by Crippen LogP contribution is 2.31. The molecular formula is C22H23ClN4O3. The molecule has 2 N–H and O–H groups in total. The number of amides is 1. The Hall–Kier alpha value is -2.87. The minimum absolute atomic E-state index is 0.0819. The molecule has 0 bridgehead atoms. The van der Waals surface area contributed by atoms with Crippen LogP contribution < -0.4 is 15.0 Å². The summed E-state index contributed by atoms with van der Waals surface area (Å²) in [5, 5.41) is 18.5. The van der Waals surface area contributed by atoms with Crippen molar-refractivity contribution in [2.24, 2.45) is 0 Å². The summed E-state index contributed by atoms with van der Waals surface area (Å²) in [6.45, 7) is 2.46. The van der Waals surface area contributed by atoms with Crippen LogP contribution in [0.2, 0.25) is 5.02 Å². The van der Waals surface area contributed by atoms with Gasteiger partial charge in [0.15, 0.2) is 6.23 Å². The first-order valence-electron chi connectivity index (χ1n) is 9.66. The van der Waals surface area contributed by atoms with E-state index < -0.39 is 12.3 Å². The Labute approximate surface area is 179 Å². The molecule has 30 heavy (non-hydrogen) atoms. The highest BCUT2D eigenvalue weighted by molar-refractivity contribution is 6.31. The molecule has 1 aliphatic heterocycles. The third-order valence-corrected chi connectivity index (χ3v) is 5.68. The normalized spacial score (nSPS) is 17.3. The van der Waals surface area contributed by atoms with E-state index in [9.17, 15) is 9.90 Å². The smallest absolute Gasteiger partial charge is 0.247 e. The van der Waals surface area contributed by atoms with Crippen LogP contribution in [0.1, 0.15) is 23.2 Å². The van der Waals surface area contributed by atoms with Crippen LogP contribution in [0.3, 0.4) is 0 Å². The predicted octanol–water partition coefficient (Wildman–Crippen LogP) is 2.90. The first kappa shape index (κ1) is 20.4. The molecule has 156 valence electrons. The van der Waals surface area contributed by atoms with Crippen LogP contribution in [-0.4, -0.2) is 40.5 Å². The number of hydrogen-bond donors (Lipinski definition) is 2. The molecule has 8 heteroatoms. The standard InChI is InChI=1S/C22H23ClN4O3/c1-14-19(23)20(25-27(14)12-15-8-4-3-5-9-15)21(28)24-16-13-30-18-11-7-6-10-17(18)26(2)22(16)29/h3-11,16,21,24,28H,12-13H2,1-2H3/t16-,21?/m0/s1. The molecule has 1 aromatic heterocycles. The maximum absolute atomic E-state index is 12.9. The van der Waals surface area contributed by atoms with Gasteiger partial charge in [0.1, 0.15) is 24.1 Å². The number of aliphatic hydroxyl groups is 1. The van der Waals surface area contributed by atoms with E-state index in [1.54, 1.807) is 11.7 Å². The first-order chi connectivity index (χ1) is 14.5. The van der Waals surface area contributed by atoms with E-state index in [0.717, 1.165) is 11.3 Å². The van der Waals surface area contributed by atoms with Crippen molar-refractivity contribution < 1.29 is 14.6 Å². The van der Waals surface area contributed by atoms with Crippen molar-refractivity contribution in [3.05, 3.63) is 76.6 Å². The van der Waals surface area contributed by atoms with E-state index >= 15 is 0 Å². The van der Waals surface area contributed by atoms with Crippen LogP contribution >= 0.6 is 11.6 Å². The fourth-order valence-corrected chi connectivity index (χ4v) is 3.71. The van der Waals surface area contributed by atoms with Crippen molar-refractivity contribution in [1.82, 2.24) is 15.1 Å². The number of likely N-dealkylation sites (N-methyl/N-ethyl adjacent to an activating group) is 1. The Bertz CT molecular complexity index is 1050. The molecule has 1 unspecified atom stereocenters. The van der Waals surface area contributed by atoms with Crippen LogP contribution in [0, 0.1) is 6.92 Å². The van der Waals surface area contributed by atoms with E-state index in [2.05, 4.69) is 10.4 Å². The molecule has 2 heterocycles. The van der Waals surface area contributed by atoms with E-state index in [-0.39, 0.29) is 18.2 Å². The first-order valence-corrected chi connectivity index (χ1v) is 10.0. The van der Waals surface area contributed by atoms with Crippen molar-refractivity contribution in [3.8, 4) is 5.75 Å². The van der Waals surface area contributed by atoms with Crippen LogP contribution in [0.5, 0.6) is 5.75 Å². The zero-order chi connectivity index (χ0) is 21.3. The number of nitrogens with zero attached hydrogens (tertiary/aromatic N) is 3. The molecule has 0 saturated carbocycles. The number of anilines is 1. The lowest BCUT2D eigenvalue weighted by Crippen LogP contribution is -2.48. The van der Waals surface area contributed by atoms with Crippen molar-refractivity contribution in [2.75, 3.05) is 18.6 Å². The Morgan fingerprint density at radius 1 is 1.23 bits per heavy atom. The quantitative estimate of drug-likeness (QED) is 0.613. The number of ether oxygens (including phenoxy) is 1. The number of hydrogen-bond acceptors (Lipinski definition) is 5. The average molecular weight is 427 g/mol. The van der Waals surface area contributed by atoms with Crippen LogP contribution in [0.15, 0.2) is 54.6 Å². The van der Waals surface area contributed by atoms with Crippen LogP contribution in [0.25, 0.3) is 0 Å². The molecule has 0 aliphatic carbocycles. The second-order valence-electron chi connectivity index (χ2n) is 7.23. The summed E-state index contributed by atoms with van der Waals surface area (Å²) in [5.74, 6) is 0.406. The summed E-state index contributed by atoms with van der Waals surface area (Å²) in [4.78, 5) is 14.4. The van der Waals surface area contributed by atoms with Gasteiger partial charge in [0.25, 0.3) is 0 Å². The minimum Gasteiger partial charge on any atom is -0.489 e. The average Bonchev–Trinajstić information content (AvgIpc) is 2.98. The zero-order valence-corrected chi connectivity index (χ0v) is 17.5. The summed E-state index contributed by atoms with van der Waals surface area (Å²) < 4.78 is 7.52. The van der Waals surface area contributed by atoms with Gasteiger partial charge < -0.3 is 14.7 Å². The minimum atomic E-state index is -1.22. The number of carbonyl (C=O) groups excluding carboxylic acids is 1. The number of nitrogens with one attached hydrogen (secondary N) is 1. The molecule has 3 aromatic rings. The lowest BCUT2D eigenvalue weighted by atomic mass is 10.2. The van der Waals surface area contributed by atoms with Crippen molar-refractivity contribution in [2.45, 2.75) is 25.7 Å². The lowest BCUT2D eigenvalue weighted by molar-refractivity contribution is -0.121. The third kappa shape index (κ3) is 3.92. The van der Waals surface area contributed by atoms with Crippen LogP contribution in [-0.2, 0) is 11.3 Å². The number of rotatable bonds is 5. The lowest BCUT2D eigenvalue weighted by Gasteiger charge is -2.22. The second kappa shape index (κ2) is 8.47. The highest BCUT2D eigenvalue weighted by atomic mass is 35.5. The van der Waals surface area contributed by atoms with Gasteiger partial charge in [-0.3, -0.25) is 14.8 Å². The molecule has 0 radical (unpaired) electrons. The van der Waals surface area contributed by atoms with Gasteiger partial charge in [0.2, 0.25) is 5.91 Å². The fraction of sp³-hybridized carbons (Fsp3) is 0.273.